The fraction of sp³-hybridized carbons (Fsp3) is 0.818. The third kappa shape index (κ3) is 8.19. The van der Waals surface area contributed by atoms with E-state index in [2.05, 4.69) is 34.3 Å². The molecule has 0 aromatic rings. The van der Waals surface area contributed by atoms with E-state index in [1.807, 2.05) is 11.8 Å². The van der Waals surface area contributed by atoms with Gasteiger partial charge in [-0.1, -0.05) is 39.8 Å². The highest BCUT2D eigenvalue weighted by atomic mass is 32.2. The lowest BCUT2D eigenvalue weighted by Crippen LogP contribution is -2.08. The van der Waals surface area contributed by atoms with Crippen LogP contribution in [0.3, 0.4) is 0 Å². The molecule has 0 rings (SSSR count). The summed E-state index contributed by atoms with van der Waals surface area (Å²) < 4.78 is 0. The van der Waals surface area contributed by atoms with E-state index in [1.54, 1.807) is 0 Å². The summed E-state index contributed by atoms with van der Waals surface area (Å²) >= 11 is 2.04. The van der Waals surface area contributed by atoms with Gasteiger partial charge in [0.05, 0.1) is 0 Å². The Hall–Kier alpha value is 0.0900. The van der Waals surface area contributed by atoms with Crippen LogP contribution in [0.25, 0.3) is 0 Å². The van der Waals surface area contributed by atoms with Crippen LogP contribution < -0.4 is 0 Å². The Labute approximate surface area is 81.8 Å². The molecule has 0 aliphatic rings. The van der Waals surface area contributed by atoms with Crippen molar-refractivity contribution >= 4 is 11.8 Å². The SMILES string of the molecule is C=C(CC)CCSCC(C)(C)C. The number of hydrogen-bond acceptors (Lipinski definition) is 1. The summed E-state index contributed by atoms with van der Waals surface area (Å²) in [5, 5.41) is 0. The van der Waals surface area contributed by atoms with E-state index in [4.69, 9.17) is 0 Å². The van der Waals surface area contributed by atoms with Gasteiger partial charge in [-0.2, -0.15) is 11.8 Å². The standard InChI is InChI=1S/C11H22S/c1-6-10(2)7-8-12-9-11(3,4)5/h2,6-9H2,1,3-5H3. The van der Waals surface area contributed by atoms with Gasteiger partial charge >= 0.3 is 0 Å². The molecule has 0 unspecified atom stereocenters. The zero-order chi connectivity index (χ0) is 9.61. The van der Waals surface area contributed by atoms with Gasteiger partial charge in [-0.05, 0) is 29.8 Å². The number of hydrogen-bond donors (Lipinski definition) is 0. The third-order valence-electron chi connectivity index (χ3n) is 1.64. The highest BCUT2D eigenvalue weighted by Crippen LogP contribution is 2.21. The summed E-state index contributed by atoms with van der Waals surface area (Å²) in [4.78, 5) is 0. The van der Waals surface area contributed by atoms with Crippen LogP contribution in [0.1, 0.15) is 40.5 Å². The molecule has 0 spiro atoms. The number of thioether (sulfide) groups is 1. The molecule has 0 saturated heterocycles. The smallest absolute Gasteiger partial charge is 0.00186 e. The normalized spacial score (nSPS) is 11.7. The molecule has 0 nitrogen and oxygen atoms in total. The fourth-order valence-electron chi connectivity index (χ4n) is 0.772. The van der Waals surface area contributed by atoms with E-state index in [1.165, 1.54) is 23.5 Å². The molecule has 1 heteroatoms. The second kappa shape index (κ2) is 5.69. The average molecular weight is 186 g/mol. The van der Waals surface area contributed by atoms with E-state index in [0.29, 0.717) is 5.41 Å². The lowest BCUT2D eigenvalue weighted by Gasteiger charge is -2.17. The average Bonchev–Trinajstić information content (AvgIpc) is 1.96. The van der Waals surface area contributed by atoms with Gasteiger partial charge in [0.25, 0.3) is 0 Å². The first-order valence-corrected chi connectivity index (χ1v) is 5.85. The van der Waals surface area contributed by atoms with Gasteiger partial charge in [-0.3, -0.25) is 0 Å². The van der Waals surface area contributed by atoms with Crippen molar-refractivity contribution in [2.45, 2.75) is 40.5 Å². The van der Waals surface area contributed by atoms with E-state index in [9.17, 15) is 0 Å². The Kier molecular flexibility index (Phi) is 5.73. The maximum absolute atomic E-state index is 3.99. The summed E-state index contributed by atoms with van der Waals surface area (Å²) in [5.41, 5.74) is 1.86. The molecule has 12 heavy (non-hydrogen) atoms. The molecule has 0 aromatic carbocycles. The molecule has 0 fully saturated rings. The minimum Gasteiger partial charge on any atom is -0.161 e. The maximum Gasteiger partial charge on any atom is -0.00186 e. The molecule has 0 heterocycles. The molecule has 0 bridgehead atoms. The van der Waals surface area contributed by atoms with Crippen LogP contribution in [-0.4, -0.2) is 11.5 Å². The summed E-state index contributed by atoms with van der Waals surface area (Å²) in [7, 11) is 0. The van der Waals surface area contributed by atoms with Crippen molar-refractivity contribution < 1.29 is 0 Å². The summed E-state index contributed by atoms with van der Waals surface area (Å²) in [5.74, 6) is 2.49. The van der Waals surface area contributed by atoms with Crippen molar-refractivity contribution in [3.63, 3.8) is 0 Å². The van der Waals surface area contributed by atoms with E-state index in [-0.39, 0.29) is 0 Å². The van der Waals surface area contributed by atoms with Crippen LogP contribution in [0, 0.1) is 5.41 Å². The molecular weight excluding hydrogens is 164 g/mol. The molecular formula is C11H22S. The zero-order valence-electron chi connectivity index (χ0n) is 8.94. The summed E-state index contributed by atoms with van der Waals surface area (Å²) in [6.07, 6.45) is 2.33. The van der Waals surface area contributed by atoms with Gasteiger partial charge in [0.2, 0.25) is 0 Å². The largest absolute Gasteiger partial charge is 0.161 e. The predicted octanol–water partition coefficient (Wildman–Crippen LogP) is 4.12. The molecule has 0 amide bonds. The van der Waals surface area contributed by atoms with Crippen LogP contribution in [0.4, 0.5) is 0 Å². The second-order valence-electron chi connectivity index (χ2n) is 4.47. The van der Waals surface area contributed by atoms with Crippen molar-refractivity contribution in [3.05, 3.63) is 12.2 Å². The van der Waals surface area contributed by atoms with Gasteiger partial charge in [0.15, 0.2) is 0 Å². The molecule has 0 aliphatic carbocycles. The number of allylic oxidation sites excluding steroid dienone is 1. The molecule has 72 valence electrons. The minimum absolute atomic E-state index is 0.470. The van der Waals surface area contributed by atoms with Gasteiger partial charge in [-0.15, -0.1) is 0 Å². The predicted molar refractivity (Wildman–Crippen MR) is 60.8 cm³/mol. The Bertz CT molecular complexity index is 130. The van der Waals surface area contributed by atoms with Gasteiger partial charge in [0.1, 0.15) is 0 Å². The third-order valence-corrected chi connectivity index (χ3v) is 3.20. The Morgan fingerprint density at radius 1 is 1.33 bits per heavy atom. The van der Waals surface area contributed by atoms with Crippen molar-refractivity contribution in [2.24, 2.45) is 5.41 Å². The fourth-order valence-corrected chi connectivity index (χ4v) is 1.96. The Morgan fingerprint density at radius 2 is 1.92 bits per heavy atom. The summed E-state index contributed by atoms with van der Waals surface area (Å²) in [6, 6.07) is 0. The van der Waals surface area contributed by atoms with Crippen molar-refractivity contribution in [1.82, 2.24) is 0 Å². The molecule has 0 saturated carbocycles. The highest BCUT2D eigenvalue weighted by molar-refractivity contribution is 7.99. The van der Waals surface area contributed by atoms with E-state index in [0.717, 1.165) is 6.42 Å². The topological polar surface area (TPSA) is 0 Å². The second-order valence-corrected chi connectivity index (χ2v) is 5.57. The van der Waals surface area contributed by atoms with Crippen molar-refractivity contribution in [2.75, 3.05) is 11.5 Å². The monoisotopic (exact) mass is 186 g/mol. The van der Waals surface area contributed by atoms with Crippen molar-refractivity contribution in [3.8, 4) is 0 Å². The van der Waals surface area contributed by atoms with Gasteiger partial charge in [-0.25, -0.2) is 0 Å². The first-order chi connectivity index (χ1) is 5.45. The highest BCUT2D eigenvalue weighted by Gasteiger charge is 2.09. The van der Waals surface area contributed by atoms with Crippen LogP contribution in [0.2, 0.25) is 0 Å². The van der Waals surface area contributed by atoms with Gasteiger partial charge < -0.3 is 0 Å². The zero-order valence-corrected chi connectivity index (χ0v) is 9.76. The Balaban J connectivity index is 3.28. The van der Waals surface area contributed by atoms with E-state index < -0.39 is 0 Å². The first-order valence-electron chi connectivity index (χ1n) is 4.70. The molecule has 0 aromatic heterocycles. The van der Waals surface area contributed by atoms with E-state index >= 15 is 0 Å². The number of rotatable bonds is 5. The van der Waals surface area contributed by atoms with Crippen LogP contribution in [0.15, 0.2) is 12.2 Å². The first kappa shape index (κ1) is 12.1. The van der Waals surface area contributed by atoms with Gasteiger partial charge in [0, 0.05) is 0 Å². The lowest BCUT2D eigenvalue weighted by atomic mass is 10.0. The molecule has 0 atom stereocenters. The lowest BCUT2D eigenvalue weighted by molar-refractivity contribution is 0.481. The summed E-state index contributed by atoms with van der Waals surface area (Å²) in [6.45, 7) is 13.0. The minimum atomic E-state index is 0.470. The maximum atomic E-state index is 3.99. The van der Waals surface area contributed by atoms with Crippen LogP contribution >= 0.6 is 11.8 Å². The van der Waals surface area contributed by atoms with Crippen molar-refractivity contribution in [1.29, 1.82) is 0 Å². The molecule has 0 radical (unpaired) electrons. The van der Waals surface area contributed by atoms with Crippen LogP contribution in [0.5, 0.6) is 0 Å². The van der Waals surface area contributed by atoms with Crippen LogP contribution in [-0.2, 0) is 0 Å². The Morgan fingerprint density at radius 3 is 2.33 bits per heavy atom. The molecule has 0 N–H and O–H groups in total. The molecule has 0 aliphatic heterocycles. The quantitative estimate of drug-likeness (QED) is 0.460.